The third kappa shape index (κ3) is 10.9. The molecular weight excluding hydrogens is 787 g/mol. The van der Waals surface area contributed by atoms with E-state index in [-0.39, 0.29) is 0 Å². The SMILES string of the molecule is Cc1ccc(-c2ccc(-c3ccccc3)cc2C)[n+](C)c1.[2H]C([2H])([2H])c1c[n+](C)c(-c2ccc(-c3ccccc3)cc2C)cc1C.[2H]C([2H])([2H])c1c[n+](C)c(-c2ccc(-c3ccccc3)cc2C)cc1C. The van der Waals surface area contributed by atoms with E-state index in [1.54, 1.807) is 12.4 Å². The Bertz CT molecular complexity index is 3150. The number of nitrogens with zero attached hydrogens (tertiary/aromatic N) is 3. The van der Waals surface area contributed by atoms with Gasteiger partial charge in [0, 0.05) is 59.8 Å². The van der Waals surface area contributed by atoms with E-state index >= 15 is 0 Å². The Labute approximate surface area is 397 Å². The van der Waals surface area contributed by atoms with Crippen LogP contribution in [0.15, 0.2) is 188 Å². The molecule has 0 radical (unpaired) electrons. The fraction of sp³-hybridized carbons (Fsp3) is 0.177. The number of pyridine rings is 3. The summed E-state index contributed by atoms with van der Waals surface area (Å²) in [5.74, 6) is 0. The van der Waals surface area contributed by atoms with Crippen LogP contribution >= 0.6 is 0 Å². The summed E-state index contributed by atoms with van der Waals surface area (Å²) in [7, 11) is 5.90. The number of aromatic nitrogens is 3. The highest BCUT2D eigenvalue weighted by Crippen LogP contribution is 2.30. The minimum atomic E-state index is -2.09. The van der Waals surface area contributed by atoms with Gasteiger partial charge in [0.05, 0.1) is 0 Å². The van der Waals surface area contributed by atoms with Gasteiger partial charge in [0.2, 0.25) is 17.1 Å². The molecule has 0 bridgehead atoms. The summed E-state index contributed by atoms with van der Waals surface area (Å²) in [4.78, 5) is 0. The molecule has 3 nitrogen and oxygen atoms in total. The molecule has 6 aromatic carbocycles. The van der Waals surface area contributed by atoms with E-state index in [1.807, 2.05) is 85.6 Å². The van der Waals surface area contributed by atoms with Crippen LogP contribution in [-0.2, 0) is 21.1 Å². The van der Waals surface area contributed by atoms with Crippen LogP contribution in [-0.4, -0.2) is 0 Å². The Morgan fingerprint density at radius 2 is 0.631 bits per heavy atom. The molecule has 0 aliphatic rings. The molecule has 0 saturated carbocycles. The summed E-state index contributed by atoms with van der Waals surface area (Å²) < 4.78 is 52.0. The fourth-order valence-electron chi connectivity index (χ4n) is 8.34. The van der Waals surface area contributed by atoms with Crippen molar-refractivity contribution in [2.45, 2.75) is 55.2 Å². The zero-order valence-corrected chi connectivity index (χ0v) is 39.2. The zero-order chi connectivity index (χ0) is 51.2. The predicted molar refractivity (Wildman–Crippen MR) is 273 cm³/mol. The van der Waals surface area contributed by atoms with E-state index in [9.17, 15) is 0 Å². The third-order valence-corrected chi connectivity index (χ3v) is 12.1. The van der Waals surface area contributed by atoms with Crippen LogP contribution in [0.4, 0.5) is 0 Å². The molecule has 0 amide bonds. The number of benzene rings is 6. The minimum absolute atomic E-state index is 0.400. The summed E-state index contributed by atoms with van der Waals surface area (Å²) in [5.41, 5.74) is 21.4. The van der Waals surface area contributed by atoms with E-state index in [0.29, 0.717) is 11.1 Å². The lowest BCUT2D eigenvalue weighted by Gasteiger charge is -2.09. The molecular formula is C62H64N3+3. The van der Waals surface area contributed by atoms with Gasteiger partial charge in [0.1, 0.15) is 21.1 Å². The van der Waals surface area contributed by atoms with Crippen molar-refractivity contribution in [1.82, 2.24) is 0 Å². The maximum absolute atomic E-state index is 7.67. The van der Waals surface area contributed by atoms with Crippen molar-refractivity contribution in [1.29, 1.82) is 0 Å². The first-order chi connectivity index (χ1) is 33.7. The maximum atomic E-state index is 7.67. The number of rotatable bonds is 6. The second-order valence-corrected chi connectivity index (χ2v) is 17.1. The molecule has 0 spiro atoms. The summed E-state index contributed by atoms with van der Waals surface area (Å²) in [6.07, 6.45) is 5.62. The van der Waals surface area contributed by atoms with Gasteiger partial charge in [0.25, 0.3) is 0 Å². The van der Waals surface area contributed by atoms with Crippen LogP contribution in [0.3, 0.4) is 0 Å². The first-order valence-electron chi connectivity index (χ1n) is 25.2. The molecule has 3 heterocycles. The standard InChI is InChI=1S/2C21H22N.C20H20N/c2*1-15-13-21(22(4)14-17(15)3)20-11-10-19(12-16(20)2)18-8-6-5-7-9-18;1-15-9-12-20(21(3)14-15)19-11-10-18(13-16(19)2)17-7-5-4-6-8-17/h2*5-14H,1-4H3;4-14H,1-3H3/q3*+1/i2*3D3;. The smallest absolute Gasteiger partial charge is 0.201 e. The molecule has 0 unspecified atom stereocenters. The lowest BCUT2D eigenvalue weighted by Crippen LogP contribution is -2.31. The van der Waals surface area contributed by atoms with E-state index < -0.39 is 13.7 Å². The van der Waals surface area contributed by atoms with Crippen LogP contribution in [0, 0.1) is 55.2 Å². The van der Waals surface area contributed by atoms with Crippen LogP contribution < -0.4 is 13.7 Å². The van der Waals surface area contributed by atoms with Gasteiger partial charge in [0.15, 0.2) is 18.6 Å². The molecule has 9 aromatic rings. The normalized spacial score (nSPS) is 12.4. The molecule has 0 saturated heterocycles. The van der Waals surface area contributed by atoms with Crippen LogP contribution in [0.25, 0.3) is 67.2 Å². The van der Waals surface area contributed by atoms with Crippen molar-refractivity contribution in [3.05, 3.63) is 233 Å². The van der Waals surface area contributed by atoms with E-state index in [0.717, 1.165) is 44.8 Å². The van der Waals surface area contributed by atoms with E-state index in [1.165, 1.54) is 55.8 Å². The van der Waals surface area contributed by atoms with Gasteiger partial charge in [-0.15, -0.1) is 0 Å². The first-order valence-corrected chi connectivity index (χ1v) is 22.2. The number of hydrogen-bond donors (Lipinski definition) is 0. The molecule has 0 N–H and O–H groups in total. The highest BCUT2D eigenvalue weighted by Gasteiger charge is 2.17. The van der Waals surface area contributed by atoms with E-state index in [4.69, 9.17) is 8.22 Å². The number of hydrogen-bond acceptors (Lipinski definition) is 0. The van der Waals surface area contributed by atoms with Gasteiger partial charge in [-0.25, -0.2) is 13.7 Å². The Balaban J connectivity index is 0.000000157. The average molecular weight is 857 g/mol. The third-order valence-electron chi connectivity index (χ3n) is 12.1. The Kier molecular flexibility index (Phi) is 12.1. The monoisotopic (exact) mass is 857 g/mol. The maximum Gasteiger partial charge on any atom is 0.212 e. The van der Waals surface area contributed by atoms with Crippen LogP contribution in [0.5, 0.6) is 0 Å². The zero-order valence-electron chi connectivity index (χ0n) is 45.2. The lowest BCUT2D eigenvalue weighted by atomic mass is 9.97. The van der Waals surface area contributed by atoms with Crippen molar-refractivity contribution in [2.24, 2.45) is 21.1 Å². The Morgan fingerprint density at radius 3 is 0.954 bits per heavy atom. The second-order valence-electron chi connectivity index (χ2n) is 17.1. The summed E-state index contributed by atoms with van der Waals surface area (Å²) in [6, 6.07) is 58.9. The lowest BCUT2D eigenvalue weighted by molar-refractivity contribution is -0.660. The van der Waals surface area contributed by atoms with Crippen molar-refractivity contribution < 1.29 is 21.9 Å². The molecule has 65 heavy (non-hydrogen) atoms. The minimum Gasteiger partial charge on any atom is -0.201 e. The van der Waals surface area contributed by atoms with Crippen molar-refractivity contribution in [2.75, 3.05) is 0 Å². The molecule has 9 rings (SSSR count). The predicted octanol–water partition coefficient (Wildman–Crippen LogP) is 14.0. The second kappa shape index (κ2) is 20.5. The van der Waals surface area contributed by atoms with Gasteiger partial charge in [-0.05, 0) is 141 Å². The van der Waals surface area contributed by atoms with Crippen molar-refractivity contribution in [3.8, 4) is 67.2 Å². The molecule has 3 aromatic heterocycles. The van der Waals surface area contributed by atoms with Crippen molar-refractivity contribution in [3.63, 3.8) is 0 Å². The quantitative estimate of drug-likeness (QED) is 0.148. The Morgan fingerprint density at radius 1 is 0.292 bits per heavy atom. The van der Waals surface area contributed by atoms with Gasteiger partial charge < -0.3 is 0 Å². The largest absolute Gasteiger partial charge is 0.212 e. The highest BCUT2D eigenvalue weighted by atomic mass is 14.9. The highest BCUT2D eigenvalue weighted by molar-refractivity contribution is 5.73. The Hall–Kier alpha value is -7.23. The molecule has 324 valence electrons. The average Bonchev–Trinajstić information content (AvgIpc) is 3.33. The molecule has 0 atom stereocenters. The van der Waals surface area contributed by atoms with E-state index in [2.05, 4.69) is 167 Å². The van der Waals surface area contributed by atoms with Gasteiger partial charge in [-0.1, -0.05) is 127 Å². The van der Waals surface area contributed by atoms with Gasteiger partial charge >= 0.3 is 0 Å². The first kappa shape index (κ1) is 38.2. The number of aryl methyl sites for hydroxylation is 11. The van der Waals surface area contributed by atoms with Crippen LogP contribution in [0.2, 0.25) is 0 Å². The summed E-state index contributed by atoms with van der Waals surface area (Å²) in [5, 5.41) is 0. The molecule has 0 fully saturated rings. The van der Waals surface area contributed by atoms with Gasteiger partial charge in [-0.2, -0.15) is 0 Å². The van der Waals surface area contributed by atoms with Crippen LogP contribution in [0.1, 0.15) is 52.7 Å². The topological polar surface area (TPSA) is 11.6 Å². The van der Waals surface area contributed by atoms with Crippen molar-refractivity contribution >= 4 is 0 Å². The molecule has 0 aliphatic carbocycles. The van der Waals surface area contributed by atoms with Gasteiger partial charge in [-0.3, -0.25) is 0 Å². The molecule has 3 heteroatoms. The molecule has 0 aliphatic heterocycles. The summed E-state index contributed by atoms with van der Waals surface area (Å²) >= 11 is 0. The summed E-state index contributed by atoms with van der Waals surface area (Å²) in [6.45, 7) is 8.03. The fourth-order valence-corrected chi connectivity index (χ4v) is 8.34.